The van der Waals surface area contributed by atoms with Crippen LogP contribution in [0, 0.1) is 6.04 Å². The smallest absolute Gasteiger partial charge is 0.514 e. The third kappa shape index (κ3) is 2.63. The van der Waals surface area contributed by atoms with Crippen LogP contribution < -0.4 is 35.0 Å². The fourth-order valence-electron chi connectivity index (χ4n) is 0.625. The van der Waals surface area contributed by atoms with Gasteiger partial charge in [-0.2, -0.15) is 6.08 Å². The van der Waals surface area contributed by atoms with Gasteiger partial charge in [-0.1, -0.05) is 20.3 Å². The first kappa shape index (κ1) is 9.37. The minimum Gasteiger partial charge on any atom is -0.514 e. The summed E-state index contributed by atoms with van der Waals surface area (Å²) in [6.07, 6.45) is 3.01. The van der Waals surface area contributed by atoms with E-state index in [0.717, 1.165) is 18.2 Å². The zero-order valence-corrected chi connectivity index (χ0v) is 8.19. The number of rotatable bonds is 1. The molecule has 0 aromatic heterocycles. The number of hydroxylamine groups is 1. The van der Waals surface area contributed by atoms with E-state index in [1.54, 1.807) is 0 Å². The Morgan fingerprint density at radius 1 is 1.78 bits per heavy atom. The molecular formula is C6H10NNaO. The molecule has 0 fully saturated rings. The third-order valence-electron chi connectivity index (χ3n) is 1.10. The van der Waals surface area contributed by atoms with E-state index in [4.69, 9.17) is 4.84 Å². The summed E-state index contributed by atoms with van der Waals surface area (Å²) >= 11 is 0. The van der Waals surface area contributed by atoms with E-state index in [0.29, 0.717) is 0 Å². The second-order valence-corrected chi connectivity index (χ2v) is 1.84. The summed E-state index contributed by atoms with van der Waals surface area (Å²) in [6.45, 7) is 4.01. The zero-order chi connectivity index (χ0) is 5.98. The minimum absolute atomic E-state index is 0. The van der Waals surface area contributed by atoms with Crippen LogP contribution in [-0.4, -0.2) is 0 Å². The Hall–Kier alpha value is 0.370. The molecule has 0 spiro atoms. The van der Waals surface area contributed by atoms with E-state index in [-0.39, 0.29) is 29.6 Å². The molecule has 0 unspecified atom stereocenters. The molecule has 1 aliphatic rings. The molecule has 0 radical (unpaired) electrons. The van der Waals surface area contributed by atoms with Crippen LogP contribution in [0.5, 0.6) is 0 Å². The van der Waals surface area contributed by atoms with Crippen molar-refractivity contribution in [3.63, 3.8) is 0 Å². The first-order valence-electron chi connectivity index (χ1n) is 2.80. The topological polar surface area (TPSA) is 21.3 Å². The summed E-state index contributed by atoms with van der Waals surface area (Å²) in [7, 11) is 0. The molecule has 9 heavy (non-hydrogen) atoms. The van der Waals surface area contributed by atoms with E-state index in [1.807, 2.05) is 13.0 Å². The van der Waals surface area contributed by atoms with Crippen LogP contribution in [0.15, 0.2) is 11.8 Å². The Labute approximate surface area is 77.9 Å². The summed E-state index contributed by atoms with van der Waals surface area (Å²) in [5, 5.41) is 0. The van der Waals surface area contributed by atoms with Crippen LogP contribution in [0.25, 0.3) is 0 Å². The van der Waals surface area contributed by atoms with Crippen LogP contribution in [0.3, 0.4) is 0 Å². The number of hydrogen-bond donors (Lipinski definition) is 1. The van der Waals surface area contributed by atoms with Gasteiger partial charge in [-0.3, -0.25) is 0 Å². The van der Waals surface area contributed by atoms with Crippen LogP contribution in [0.1, 0.15) is 20.3 Å². The Kier molecular flexibility index (Phi) is 4.40. The summed E-state index contributed by atoms with van der Waals surface area (Å²) in [6, 6.07) is 1.16. The average molecular weight is 135 g/mol. The Balaban J connectivity index is 0.000000640. The van der Waals surface area contributed by atoms with Crippen LogP contribution in [-0.2, 0) is 4.84 Å². The minimum atomic E-state index is 0. The van der Waals surface area contributed by atoms with Crippen molar-refractivity contribution in [3.8, 4) is 0 Å². The predicted molar refractivity (Wildman–Crippen MR) is 31.5 cm³/mol. The van der Waals surface area contributed by atoms with Crippen LogP contribution in [0.2, 0.25) is 0 Å². The summed E-state index contributed by atoms with van der Waals surface area (Å²) < 4.78 is 0. The van der Waals surface area contributed by atoms with Crippen molar-refractivity contribution in [1.82, 2.24) is 5.48 Å². The van der Waals surface area contributed by atoms with Gasteiger partial charge in [-0.05, 0) is 5.76 Å². The van der Waals surface area contributed by atoms with Gasteiger partial charge >= 0.3 is 29.6 Å². The Morgan fingerprint density at radius 2 is 2.44 bits per heavy atom. The van der Waals surface area contributed by atoms with Gasteiger partial charge in [0.25, 0.3) is 0 Å². The van der Waals surface area contributed by atoms with Crippen molar-refractivity contribution in [2.75, 3.05) is 0 Å². The number of allylic oxidation sites excluding steroid dienone is 1. The molecule has 3 heteroatoms. The van der Waals surface area contributed by atoms with E-state index in [1.165, 1.54) is 0 Å². The van der Waals surface area contributed by atoms with E-state index in [9.17, 15) is 0 Å². The average Bonchev–Trinajstić information content (AvgIpc) is 2.14. The van der Waals surface area contributed by atoms with Gasteiger partial charge in [0.05, 0.1) is 0 Å². The van der Waals surface area contributed by atoms with Gasteiger partial charge in [-0.15, -0.1) is 6.04 Å². The van der Waals surface area contributed by atoms with Gasteiger partial charge in [0.2, 0.25) is 0 Å². The van der Waals surface area contributed by atoms with Crippen molar-refractivity contribution >= 4 is 0 Å². The summed E-state index contributed by atoms with van der Waals surface area (Å²) in [5.74, 6) is 0.946. The Morgan fingerprint density at radius 3 is 2.67 bits per heavy atom. The van der Waals surface area contributed by atoms with Crippen LogP contribution >= 0.6 is 0 Å². The summed E-state index contributed by atoms with van der Waals surface area (Å²) in [5.41, 5.74) is 2.78. The molecule has 0 saturated carbocycles. The van der Waals surface area contributed by atoms with Crippen molar-refractivity contribution < 1.29 is 34.4 Å². The molecule has 0 atom stereocenters. The Bertz CT molecular complexity index is 114. The van der Waals surface area contributed by atoms with E-state index in [2.05, 4.69) is 12.4 Å². The molecule has 1 heterocycles. The molecular weight excluding hydrogens is 125 g/mol. The largest absolute Gasteiger partial charge is 1.00 e. The molecule has 1 rings (SSSR count). The normalized spacial score (nSPS) is 16.2. The SMILES string of the molecule is CC[C-]1C=C(C)ON1.[Na+]. The molecule has 1 N–H and O–H groups in total. The van der Waals surface area contributed by atoms with Crippen LogP contribution in [0.4, 0.5) is 0 Å². The monoisotopic (exact) mass is 135 g/mol. The summed E-state index contributed by atoms with van der Waals surface area (Å²) in [4.78, 5) is 4.93. The molecule has 0 aliphatic carbocycles. The van der Waals surface area contributed by atoms with Crippen molar-refractivity contribution in [1.29, 1.82) is 0 Å². The van der Waals surface area contributed by atoms with Gasteiger partial charge < -0.3 is 4.84 Å². The first-order chi connectivity index (χ1) is 3.83. The van der Waals surface area contributed by atoms with Gasteiger partial charge in [-0.25, -0.2) is 5.48 Å². The van der Waals surface area contributed by atoms with Gasteiger partial charge in [0, 0.05) is 0 Å². The zero-order valence-electron chi connectivity index (χ0n) is 6.19. The van der Waals surface area contributed by atoms with Crippen molar-refractivity contribution in [2.45, 2.75) is 20.3 Å². The molecule has 2 nitrogen and oxygen atoms in total. The van der Waals surface area contributed by atoms with Gasteiger partial charge in [0.15, 0.2) is 0 Å². The fourth-order valence-corrected chi connectivity index (χ4v) is 0.625. The first-order valence-corrected chi connectivity index (χ1v) is 2.80. The van der Waals surface area contributed by atoms with E-state index >= 15 is 0 Å². The quantitative estimate of drug-likeness (QED) is 0.344. The standard InChI is InChI=1S/C6H10NO.Na/c1-3-6-4-5(2)8-7-6;/h4,7H,3H2,1-2H3;/q-1;+1. The maximum atomic E-state index is 4.93. The third-order valence-corrected chi connectivity index (χ3v) is 1.10. The molecule has 0 bridgehead atoms. The maximum Gasteiger partial charge on any atom is 1.00 e. The number of nitrogens with one attached hydrogen (secondary N) is 1. The van der Waals surface area contributed by atoms with Crippen molar-refractivity contribution in [3.05, 3.63) is 17.9 Å². The van der Waals surface area contributed by atoms with Gasteiger partial charge in [0.1, 0.15) is 0 Å². The molecule has 0 amide bonds. The second kappa shape index (κ2) is 4.23. The molecule has 0 aromatic carbocycles. The maximum absolute atomic E-state index is 4.93. The fraction of sp³-hybridized carbons (Fsp3) is 0.500. The van der Waals surface area contributed by atoms with Crippen molar-refractivity contribution in [2.24, 2.45) is 0 Å². The predicted octanol–water partition coefficient (Wildman–Crippen LogP) is -1.63. The molecule has 1 aliphatic heterocycles. The molecule has 0 aromatic rings. The molecule has 46 valence electrons. The van der Waals surface area contributed by atoms with E-state index < -0.39 is 0 Å². The number of hydrogen-bond acceptors (Lipinski definition) is 2. The molecule has 0 saturated heterocycles. The second-order valence-electron chi connectivity index (χ2n) is 1.84.